The standard InChI is InChI=1S/C22H21ClFN3O2/c1-13(26(2)22(29)25-14-7-10-20(24)19(23)11-14)18-12-27(15-8-9-15)21(28)17-6-4-3-5-16(17)18/h3-7,10-13,15H,8-9H2,1-2H3,(H,25,29). The summed E-state index contributed by atoms with van der Waals surface area (Å²) in [6, 6.07) is 11.1. The number of nitrogens with one attached hydrogen (secondary N) is 1. The molecule has 29 heavy (non-hydrogen) atoms. The Balaban J connectivity index is 1.66. The molecule has 1 heterocycles. The van der Waals surface area contributed by atoms with E-state index in [0.29, 0.717) is 11.1 Å². The van der Waals surface area contributed by atoms with Gasteiger partial charge in [0.05, 0.1) is 11.1 Å². The molecule has 2 amide bonds. The van der Waals surface area contributed by atoms with E-state index in [1.165, 1.54) is 18.2 Å². The van der Waals surface area contributed by atoms with E-state index in [1.54, 1.807) is 16.5 Å². The SMILES string of the molecule is CC(c1cn(C2CC2)c(=O)c2ccccc12)N(C)C(=O)Nc1ccc(F)c(Cl)c1. The van der Waals surface area contributed by atoms with Crippen LogP contribution in [0, 0.1) is 5.82 Å². The van der Waals surface area contributed by atoms with Crippen LogP contribution in [0.1, 0.15) is 37.4 Å². The highest BCUT2D eigenvalue weighted by molar-refractivity contribution is 6.31. The molecule has 0 saturated heterocycles. The Morgan fingerprint density at radius 3 is 2.59 bits per heavy atom. The number of hydrogen-bond acceptors (Lipinski definition) is 2. The lowest BCUT2D eigenvalue weighted by Crippen LogP contribution is -2.34. The number of rotatable bonds is 4. The van der Waals surface area contributed by atoms with Gasteiger partial charge in [-0.15, -0.1) is 0 Å². The van der Waals surface area contributed by atoms with Crippen LogP contribution < -0.4 is 10.9 Å². The number of fused-ring (bicyclic) bond motifs is 1. The van der Waals surface area contributed by atoms with Gasteiger partial charge in [-0.25, -0.2) is 9.18 Å². The van der Waals surface area contributed by atoms with Crippen molar-refractivity contribution in [2.24, 2.45) is 0 Å². The molecular weight excluding hydrogens is 393 g/mol. The zero-order valence-corrected chi connectivity index (χ0v) is 16.9. The zero-order chi connectivity index (χ0) is 20.7. The van der Waals surface area contributed by atoms with Crippen LogP contribution in [0.2, 0.25) is 5.02 Å². The number of aromatic nitrogens is 1. The second kappa shape index (κ2) is 7.52. The lowest BCUT2D eigenvalue weighted by atomic mass is 10.0. The molecule has 2 aromatic carbocycles. The number of anilines is 1. The summed E-state index contributed by atoms with van der Waals surface area (Å²) in [5, 5.41) is 4.18. The van der Waals surface area contributed by atoms with Gasteiger partial charge < -0.3 is 14.8 Å². The molecule has 1 fully saturated rings. The highest BCUT2D eigenvalue weighted by atomic mass is 35.5. The molecule has 0 radical (unpaired) electrons. The second-order valence-corrected chi connectivity index (χ2v) is 7.83. The predicted octanol–water partition coefficient (Wildman–Crippen LogP) is 5.35. The minimum absolute atomic E-state index is 0.00658. The monoisotopic (exact) mass is 413 g/mol. The number of nitrogens with zero attached hydrogens (tertiary/aromatic N) is 2. The van der Waals surface area contributed by atoms with Crippen molar-refractivity contribution >= 4 is 34.1 Å². The molecule has 0 bridgehead atoms. The van der Waals surface area contributed by atoms with Gasteiger partial charge in [0.1, 0.15) is 5.82 Å². The van der Waals surface area contributed by atoms with E-state index in [2.05, 4.69) is 5.32 Å². The first-order chi connectivity index (χ1) is 13.9. The van der Waals surface area contributed by atoms with E-state index in [0.717, 1.165) is 23.8 Å². The lowest BCUT2D eigenvalue weighted by Gasteiger charge is -2.27. The van der Waals surface area contributed by atoms with Crippen molar-refractivity contribution < 1.29 is 9.18 Å². The van der Waals surface area contributed by atoms with Crippen LogP contribution in [0.15, 0.2) is 53.5 Å². The molecule has 1 aliphatic rings. The molecule has 4 rings (SSSR count). The predicted molar refractivity (Wildman–Crippen MR) is 113 cm³/mol. The second-order valence-electron chi connectivity index (χ2n) is 7.42. The maximum absolute atomic E-state index is 13.4. The Morgan fingerprint density at radius 1 is 1.24 bits per heavy atom. The number of pyridine rings is 1. The molecule has 3 aromatic rings. The number of amides is 2. The average Bonchev–Trinajstić information content (AvgIpc) is 3.55. The van der Waals surface area contributed by atoms with Crippen LogP contribution in [-0.4, -0.2) is 22.5 Å². The van der Waals surface area contributed by atoms with Gasteiger partial charge in [0.2, 0.25) is 0 Å². The largest absolute Gasteiger partial charge is 0.322 e. The van der Waals surface area contributed by atoms with Crippen LogP contribution in [0.5, 0.6) is 0 Å². The Hall–Kier alpha value is -2.86. The van der Waals surface area contributed by atoms with Crippen LogP contribution in [0.4, 0.5) is 14.9 Å². The number of urea groups is 1. The summed E-state index contributed by atoms with van der Waals surface area (Å²) < 4.78 is 15.1. The van der Waals surface area contributed by atoms with Crippen molar-refractivity contribution in [3.63, 3.8) is 0 Å². The Kier molecular flexibility index (Phi) is 5.04. The summed E-state index contributed by atoms with van der Waals surface area (Å²) in [5.74, 6) is -0.541. The van der Waals surface area contributed by atoms with Gasteiger partial charge in [-0.1, -0.05) is 29.8 Å². The Bertz CT molecular complexity index is 1160. The van der Waals surface area contributed by atoms with E-state index in [1.807, 2.05) is 37.4 Å². The third-order valence-electron chi connectivity index (χ3n) is 5.44. The topological polar surface area (TPSA) is 54.3 Å². The zero-order valence-electron chi connectivity index (χ0n) is 16.2. The van der Waals surface area contributed by atoms with Crippen molar-refractivity contribution in [3.8, 4) is 0 Å². The van der Waals surface area contributed by atoms with Gasteiger partial charge >= 0.3 is 6.03 Å². The van der Waals surface area contributed by atoms with Gasteiger partial charge in [-0.05, 0) is 55.0 Å². The third-order valence-corrected chi connectivity index (χ3v) is 5.73. The van der Waals surface area contributed by atoms with Gasteiger partial charge in [0.15, 0.2) is 0 Å². The van der Waals surface area contributed by atoms with Gasteiger partial charge in [0.25, 0.3) is 5.56 Å². The fourth-order valence-corrected chi connectivity index (χ4v) is 3.65. The summed E-state index contributed by atoms with van der Waals surface area (Å²) >= 11 is 5.80. The van der Waals surface area contributed by atoms with Crippen LogP contribution in [0.25, 0.3) is 10.8 Å². The molecule has 150 valence electrons. The number of halogens is 2. The van der Waals surface area contributed by atoms with Gasteiger partial charge in [0, 0.05) is 30.4 Å². The molecule has 1 N–H and O–H groups in total. The fraction of sp³-hybridized carbons (Fsp3) is 0.273. The summed E-state index contributed by atoms with van der Waals surface area (Å²) in [6.45, 7) is 1.92. The van der Waals surface area contributed by atoms with E-state index in [4.69, 9.17) is 11.6 Å². The molecule has 5 nitrogen and oxygen atoms in total. The van der Waals surface area contributed by atoms with Crippen LogP contribution in [0.3, 0.4) is 0 Å². The molecule has 1 atom stereocenters. The van der Waals surface area contributed by atoms with E-state index < -0.39 is 5.82 Å². The van der Waals surface area contributed by atoms with Crippen molar-refractivity contribution in [2.75, 3.05) is 12.4 Å². The van der Waals surface area contributed by atoms with Crippen LogP contribution >= 0.6 is 11.6 Å². The van der Waals surface area contributed by atoms with Crippen LogP contribution in [-0.2, 0) is 0 Å². The first-order valence-corrected chi connectivity index (χ1v) is 9.87. The van der Waals surface area contributed by atoms with Crippen molar-refractivity contribution in [1.82, 2.24) is 9.47 Å². The summed E-state index contributed by atoms with van der Waals surface area (Å²) in [5.41, 5.74) is 1.32. The number of benzene rings is 2. The quantitative estimate of drug-likeness (QED) is 0.626. The van der Waals surface area contributed by atoms with E-state index >= 15 is 0 Å². The molecule has 0 aliphatic heterocycles. The number of carbonyl (C=O) groups excluding carboxylic acids is 1. The maximum Gasteiger partial charge on any atom is 0.322 e. The smallest absolute Gasteiger partial charge is 0.321 e. The first-order valence-electron chi connectivity index (χ1n) is 9.49. The summed E-state index contributed by atoms with van der Waals surface area (Å²) in [4.78, 5) is 27.1. The minimum Gasteiger partial charge on any atom is -0.321 e. The molecular formula is C22H21ClFN3O2. The summed E-state index contributed by atoms with van der Waals surface area (Å²) in [7, 11) is 1.69. The number of carbonyl (C=O) groups is 1. The average molecular weight is 414 g/mol. The normalized spacial score (nSPS) is 14.6. The number of hydrogen-bond donors (Lipinski definition) is 1. The molecule has 1 saturated carbocycles. The Morgan fingerprint density at radius 2 is 1.93 bits per heavy atom. The van der Waals surface area contributed by atoms with Crippen molar-refractivity contribution in [2.45, 2.75) is 31.8 Å². The maximum atomic E-state index is 13.4. The molecule has 7 heteroatoms. The van der Waals surface area contributed by atoms with Gasteiger partial charge in [-0.3, -0.25) is 4.79 Å². The van der Waals surface area contributed by atoms with Gasteiger partial charge in [-0.2, -0.15) is 0 Å². The first kappa shape index (κ1) is 19.5. The molecule has 1 aromatic heterocycles. The minimum atomic E-state index is -0.541. The van der Waals surface area contributed by atoms with E-state index in [-0.39, 0.29) is 28.7 Å². The highest BCUT2D eigenvalue weighted by Gasteiger charge is 2.28. The van der Waals surface area contributed by atoms with E-state index in [9.17, 15) is 14.0 Å². The summed E-state index contributed by atoms with van der Waals surface area (Å²) in [6.07, 6.45) is 3.87. The van der Waals surface area contributed by atoms with Crippen molar-refractivity contribution in [3.05, 3.63) is 75.4 Å². The molecule has 0 spiro atoms. The molecule has 1 unspecified atom stereocenters. The lowest BCUT2D eigenvalue weighted by molar-refractivity contribution is 0.208. The third kappa shape index (κ3) is 3.72. The van der Waals surface area contributed by atoms with Crippen molar-refractivity contribution in [1.29, 1.82) is 0 Å². The molecule has 1 aliphatic carbocycles. The highest BCUT2D eigenvalue weighted by Crippen LogP contribution is 2.36. The fourth-order valence-electron chi connectivity index (χ4n) is 3.47. The Labute approximate surface area is 172 Å².